The average molecular weight is 498 g/mol. The van der Waals surface area contributed by atoms with Crippen molar-refractivity contribution in [3.63, 3.8) is 0 Å². The van der Waals surface area contributed by atoms with Crippen molar-refractivity contribution in [2.24, 2.45) is 0 Å². The van der Waals surface area contributed by atoms with Crippen LogP contribution in [-0.4, -0.2) is 4.98 Å². The molecule has 1 nitrogen and oxygen atoms in total. The first kappa shape index (κ1) is 23.1. The lowest BCUT2D eigenvalue weighted by atomic mass is 9.97. The van der Waals surface area contributed by atoms with E-state index in [1.54, 1.807) is 0 Å². The van der Waals surface area contributed by atoms with Crippen LogP contribution in [0.15, 0.2) is 146 Å². The van der Waals surface area contributed by atoms with Gasteiger partial charge in [0.2, 0.25) is 0 Å². The maximum Gasteiger partial charge on any atom is 0.0708 e. The molecule has 0 saturated heterocycles. The van der Waals surface area contributed by atoms with Crippen LogP contribution < -0.4 is 0 Å². The van der Waals surface area contributed by atoms with Crippen molar-refractivity contribution >= 4 is 21.7 Å². The number of aromatic nitrogens is 1. The Kier molecular flexibility index (Phi) is 5.75. The molecular weight excluding hydrogens is 470 g/mol. The summed E-state index contributed by atoms with van der Waals surface area (Å²) in [6.45, 7) is 2.12. The second kappa shape index (κ2) is 9.70. The van der Waals surface area contributed by atoms with Crippen molar-refractivity contribution in [2.45, 2.75) is 6.92 Å². The van der Waals surface area contributed by atoms with E-state index in [0.29, 0.717) is 0 Å². The van der Waals surface area contributed by atoms with Crippen molar-refractivity contribution in [1.29, 1.82) is 0 Å². The first-order chi connectivity index (χ1) is 19.2. The van der Waals surface area contributed by atoms with E-state index in [-0.39, 0.29) is 0 Å². The lowest BCUT2D eigenvalue weighted by molar-refractivity contribution is 1.41. The van der Waals surface area contributed by atoms with Crippen LogP contribution in [0.2, 0.25) is 0 Å². The molecule has 0 N–H and O–H groups in total. The summed E-state index contributed by atoms with van der Waals surface area (Å²) in [5.41, 5.74) is 11.9. The summed E-state index contributed by atoms with van der Waals surface area (Å²) >= 11 is 0. The van der Waals surface area contributed by atoms with Gasteiger partial charge < -0.3 is 0 Å². The number of aryl methyl sites for hydroxylation is 1. The number of fused-ring (bicyclic) bond motifs is 2. The van der Waals surface area contributed by atoms with Gasteiger partial charge in [0.1, 0.15) is 0 Å². The molecule has 0 aliphatic carbocycles. The second-order valence-corrected chi connectivity index (χ2v) is 10.2. The van der Waals surface area contributed by atoms with Crippen molar-refractivity contribution < 1.29 is 0 Å². The molecule has 1 aromatic heterocycles. The first-order valence-electron chi connectivity index (χ1n) is 13.4. The molecule has 39 heavy (non-hydrogen) atoms. The standard InChI is InChI=1S/C38H27N/c1-26-6-8-28(9-7-26)29-10-12-31(13-11-29)35-20-21-36-23-37(25-39-38(36)24-35)32-16-14-30(15-17-32)34-19-18-27-4-2-3-5-33(27)22-34/h2-25H,1H3. The molecule has 0 saturated carbocycles. The second-order valence-electron chi connectivity index (χ2n) is 10.2. The molecule has 0 spiro atoms. The molecule has 6 aromatic carbocycles. The highest BCUT2D eigenvalue weighted by Gasteiger charge is 2.06. The van der Waals surface area contributed by atoms with Gasteiger partial charge in [-0.15, -0.1) is 0 Å². The minimum absolute atomic E-state index is 1.01. The van der Waals surface area contributed by atoms with Gasteiger partial charge in [0.05, 0.1) is 5.52 Å². The highest BCUT2D eigenvalue weighted by molar-refractivity contribution is 5.89. The maximum absolute atomic E-state index is 4.83. The fourth-order valence-corrected chi connectivity index (χ4v) is 5.28. The Morgan fingerprint density at radius 3 is 1.44 bits per heavy atom. The van der Waals surface area contributed by atoms with Gasteiger partial charge in [0, 0.05) is 17.1 Å². The molecular formula is C38H27N. The van der Waals surface area contributed by atoms with E-state index >= 15 is 0 Å². The molecule has 1 heterocycles. The summed E-state index contributed by atoms with van der Waals surface area (Å²) in [4.78, 5) is 4.83. The van der Waals surface area contributed by atoms with E-state index in [0.717, 1.165) is 16.5 Å². The smallest absolute Gasteiger partial charge is 0.0708 e. The summed E-state index contributed by atoms with van der Waals surface area (Å²) in [5.74, 6) is 0. The Morgan fingerprint density at radius 2 is 0.795 bits per heavy atom. The zero-order valence-corrected chi connectivity index (χ0v) is 21.8. The Hall–Kier alpha value is -5.01. The van der Waals surface area contributed by atoms with E-state index in [1.807, 2.05) is 6.20 Å². The first-order valence-corrected chi connectivity index (χ1v) is 13.4. The van der Waals surface area contributed by atoms with Crippen LogP contribution in [0.25, 0.3) is 66.2 Å². The van der Waals surface area contributed by atoms with Gasteiger partial charge in [-0.25, -0.2) is 0 Å². The summed E-state index contributed by atoms with van der Waals surface area (Å²) in [6.07, 6.45) is 1.98. The number of nitrogens with zero attached hydrogens (tertiary/aromatic N) is 1. The van der Waals surface area contributed by atoms with Gasteiger partial charge in [-0.05, 0) is 74.8 Å². The number of pyridine rings is 1. The van der Waals surface area contributed by atoms with Crippen molar-refractivity contribution in [2.75, 3.05) is 0 Å². The van der Waals surface area contributed by atoms with Crippen LogP contribution in [0, 0.1) is 6.92 Å². The highest BCUT2D eigenvalue weighted by atomic mass is 14.6. The van der Waals surface area contributed by atoms with E-state index in [1.165, 1.54) is 55.3 Å². The molecule has 1 heteroatoms. The summed E-state index contributed by atoms with van der Waals surface area (Å²) in [5, 5.41) is 3.67. The van der Waals surface area contributed by atoms with Crippen LogP contribution in [0.4, 0.5) is 0 Å². The van der Waals surface area contributed by atoms with E-state index < -0.39 is 0 Å². The van der Waals surface area contributed by atoms with E-state index in [4.69, 9.17) is 4.98 Å². The van der Waals surface area contributed by atoms with Gasteiger partial charge >= 0.3 is 0 Å². The number of benzene rings is 6. The molecule has 0 aliphatic rings. The third kappa shape index (κ3) is 4.60. The van der Waals surface area contributed by atoms with E-state index in [9.17, 15) is 0 Å². The van der Waals surface area contributed by atoms with Crippen LogP contribution in [0.5, 0.6) is 0 Å². The fraction of sp³-hybridized carbons (Fsp3) is 0.0263. The van der Waals surface area contributed by atoms with Crippen molar-refractivity contribution in [1.82, 2.24) is 4.98 Å². The number of hydrogen-bond acceptors (Lipinski definition) is 1. The molecule has 7 aromatic rings. The molecule has 7 rings (SSSR count). The minimum Gasteiger partial charge on any atom is -0.256 e. The van der Waals surface area contributed by atoms with E-state index in [2.05, 4.69) is 146 Å². The largest absolute Gasteiger partial charge is 0.256 e. The molecule has 0 unspecified atom stereocenters. The van der Waals surface area contributed by atoms with Crippen LogP contribution in [0.3, 0.4) is 0 Å². The predicted octanol–water partition coefficient (Wildman–Crippen LogP) is 10.4. The maximum atomic E-state index is 4.83. The predicted molar refractivity (Wildman–Crippen MR) is 166 cm³/mol. The molecule has 0 bridgehead atoms. The Labute approximate surface area is 229 Å². The van der Waals surface area contributed by atoms with Crippen molar-refractivity contribution in [3.05, 3.63) is 151 Å². The molecule has 0 atom stereocenters. The Bertz CT molecular complexity index is 1930. The van der Waals surface area contributed by atoms with Gasteiger partial charge in [0.15, 0.2) is 0 Å². The zero-order valence-electron chi connectivity index (χ0n) is 21.8. The highest BCUT2D eigenvalue weighted by Crippen LogP contribution is 2.31. The fourth-order valence-electron chi connectivity index (χ4n) is 5.28. The average Bonchev–Trinajstić information content (AvgIpc) is 3.01. The SMILES string of the molecule is Cc1ccc(-c2ccc(-c3ccc4cc(-c5ccc(-c6ccc7ccccc7c6)cc5)cnc4c3)cc2)cc1. The zero-order chi connectivity index (χ0) is 26.2. The Morgan fingerprint density at radius 1 is 0.359 bits per heavy atom. The number of rotatable bonds is 4. The molecule has 0 aliphatic heterocycles. The number of hydrogen-bond donors (Lipinski definition) is 0. The lowest BCUT2D eigenvalue weighted by Crippen LogP contribution is -1.86. The molecule has 0 fully saturated rings. The van der Waals surface area contributed by atoms with Crippen molar-refractivity contribution in [3.8, 4) is 44.5 Å². The third-order valence-corrected chi connectivity index (χ3v) is 7.59. The van der Waals surface area contributed by atoms with Gasteiger partial charge in [-0.3, -0.25) is 4.98 Å². The summed E-state index contributed by atoms with van der Waals surface area (Å²) < 4.78 is 0. The topological polar surface area (TPSA) is 12.9 Å². The lowest BCUT2D eigenvalue weighted by Gasteiger charge is -2.09. The minimum atomic E-state index is 1.01. The van der Waals surface area contributed by atoms with Gasteiger partial charge in [-0.2, -0.15) is 0 Å². The normalized spacial score (nSPS) is 11.2. The monoisotopic (exact) mass is 497 g/mol. The summed E-state index contributed by atoms with van der Waals surface area (Å²) in [6, 6.07) is 50.2. The van der Waals surface area contributed by atoms with Gasteiger partial charge in [0.25, 0.3) is 0 Å². The van der Waals surface area contributed by atoms with Crippen LogP contribution in [-0.2, 0) is 0 Å². The summed E-state index contributed by atoms with van der Waals surface area (Å²) in [7, 11) is 0. The van der Waals surface area contributed by atoms with Crippen LogP contribution in [0.1, 0.15) is 5.56 Å². The molecule has 0 amide bonds. The van der Waals surface area contributed by atoms with Gasteiger partial charge in [-0.1, -0.05) is 127 Å². The molecule has 0 radical (unpaired) electrons. The van der Waals surface area contributed by atoms with Crippen LogP contribution >= 0.6 is 0 Å². The Balaban J connectivity index is 1.13. The third-order valence-electron chi connectivity index (χ3n) is 7.59. The molecule has 184 valence electrons. The quantitative estimate of drug-likeness (QED) is 0.236.